The molecule has 0 aromatic rings. The van der Waals surface area contributed by atoms with Gasteiger partial charge in [0, 0.05) is 13.0 Å². The minimum atomic E-state index is 0.116. The van der Waals surface area contributed by atoms with Crippen molar-refractivity contribution in [1.82, 2.24) is 5.32 Å². The van der Waals surface area contributed by atoms with Crippen LogP contribution in [0.1, 0.15) is 26.7 Å². The van der Waals surface area contributed by atoms with Crippen molar-refractivity contribution in [2.75, 3.05) is 13.1 Å². The Labute approximate surface area is 68.3 Å². The summed E-state index contributed by atoms with van der Waals surface area (Å²) in [5, 5.41) is 2.80. The van der Waals surface area contributed by atoms with Gasteiger partial charge >= 0.3 is 0 Å². The molecule has 1 atom stereocenters. The van der Waals surface area contributed by atoms with Crippen molar-refractivity contribution >= 4 is 5.91 Å². The molecule has 1 amide bonds. The molecule has 0 radical (unpaired) electrons. The lowest BCUT2D eigenvalue weighted by molar-refractivity contribution is -0.121. The van der Waals surface area contributed by atoms with Crippen molar-refractivity contribution in [2.45, 2.75) is 26.7 Å². The number of nitrogens with two attached hydrogens (primary N) is 1. The van der Waals surface area contributed by atoms with Crippen LogP contribution in [-0.2, 0) is 4.79 Å². The van der Waals surface area contributed by atoms with Crippen molar-refractivity contribution < 1.29 is 4.79 Å². The molecular weight excluding hydrogens is 140 g/mol. The molecule has 1 unspecified atom stereocenters. The largest absolute Gasteiger partial charge is 0.356 e. The van der Waals surface area contributed by atoms with Gasteiger partial charge < -0.3 is 11.1 Å². The maximum Gasteiger partial charge on any atom is 0.220 e. The van der Waals surface area contributed by atoms with Crippen molar-refractivity contribution in [3.63, 3.8) is 0 Å². The van der Waals surface area contributed by atoms with E-state index in [1.807, 2.05) is 13.8 Å². The Morgan fingerprint density at radius 2 is 2.27 bits per heavy atom. The van der Waals surface area contributed by atoms with Crippen molar-refractivity contribution in [1.29, 1.82) is 0 Å². The van der Waals surface area contributed by atoms with E-state index in [0.29, 0.717) is 18.9 Å². The first kappa shape index (κ1) is 10.4. The number of hydrogen-bond acceptors (Lipinski definition) is 2. The number of hydrogen-bond donors (Lipinski definition) is 2. The van der Waals surface area contributed by atoms with Gasteiger partial charge in [-0.05, 0) is 18.9 Å². The van der Waals surface area contributed by atoms with Gasteiger partial charge in [0.25, 0.3) is 0 Å². The van der Waals surface area contributed by atoms with E-state index in [9.17, 15) is 4.79 Å². The molecule has 66 valence electrons. The number of amides is 1. The molecule has 0 aromatic carbocycles. The Kier molecular flexibility index (Phi) is 5.84. The molecule has 3 nitrogen and oxygen atoms in total. The van der Waals surface area contributed by atoms with Crippen LogP contribution < -0.4 is 11.1 Å². The third-order valence-electron chi connectivity index (χ3n) is 1.51. The molecule has 0 rings (SSSR count). The Morgan fingerprint density at radius 1 is 1.64 bits per heavy atom. The van der Waals surface area contributed by atoms with Gasteiger partial charge in [0.15, 0.2) is 0 Å². The molecule has 0 bridgehead atoms. The summed E-state index contributed by atoms with van der Waals surface area (Å²) in [6.45, 7) is 5.37. The van der Waals surface area contributed by atoms with E-state index >= 15 is 0 Å². The Bertz CT molecular complexity index is 115. The molecule has 0 spiro atoms. The van der Waals surface area contributed by atoms with Gasteiger partial charge in [-0.2, -0.15) is 0 Å². The fraction of sp³-hybridized carbons (Fsp3) is 0.875. The van der Waals surface area contributed by atoms with Gasteiger partial charge in [0.2, 0.25) is 5.91 Å². The topological polar surface area (TPSA) is 55.1 Å². The molecule has 0 saturated heterocycles. The maximum atomic E-state index is 11.0. The van der Waals surface area contributed by atoms with E-state index < -0.39 is 0 Å². The summed E-state index contributed by atoms with van der Waals surface area (Å²) in [6, 6.07) is 0. The molecule has 0 aliphatic heterocycles. The number of carbonyl (C=O) groups excluding carboxylic acids is 1. The maximum absolute atomic E-state index is 11.0. The van der Waals surface area contributed by atoms with Crippen LogP contribution in [0.5, 0.6) is 0 Å². The molecule has 0 saturated carbocycles. The summed E-state index contributed by atoms with van der Waals surface area (Å²) in [7, 11) is 0. The van der Waals surface area contributed by atoms with Crippen molar-refractivity contribution in [3.05, 3.63) is 0 Å². The molecule has 0 aliphatic carbocycles. The standard InChI is InChI=1S/C8H18N2O/c1-3-4-10-8(11)5-7(2)6-9/h7H,3-6,9H2,1-2H3,(H,10,11). The van der Waals surface area contributed by atoms with E-state index in [4.69, 9.17) is 5.73 Å². The fourth-order valence-electron chi connectivity index (χ4n) is 0.736. The molecule has 0 aliphatic rings. The Hall–Kier alpha value is -0.570. The van der Waals surface area contributed by atoms with Gasteiger partial charge in [-0.25, -0.2) is 0 Å². The summed E-state index contributed by atoms with van der Waals surface area (Å²) in [6.07, 6.45) is 1.54. The highest BCUT2D eigenvalue weighted by Crippen LogP contribution is 1.97. The molecule has 0 heterocycles. The zero-order chi connectivity index (χ0) is 8.69. The van der Waals surface area contributed by atoms with E-state index in [1.165, 1.54) is 0 Å². The van der Waals surface area contributed by atoms with E-state index in [2.05, 4.69) is 5.32 Å². The molecule has 11 heavy (non-hydrogen) atoms. The minimum Gasteiger partial charge on any atom is -0.356 e. The average Bonchev–Trinajstić information content (AvgIpc) is 2.00. The van der Waals surface area contributed by atoms with Crippen LogP contribution in [0.4, 0.5) is 0 Å². The van der Waals surface area contributed by atoms with Crippen LogP contribution in [0.3, 0.4) is 0 Å². The summed E-state index contributed by atoms with van der Waals surface area (Å²) in [5.41, 5.74) is 5.37. The predicted octanol–water partition coefficient (Wildman–Crippen LogP) is 0.497. The third-order valence-corrected chi connectivity index (χ3v) is 1.51. The van der Waals surface area contributed by atoms with Crippen molar-refractivity contribution in [3.8, 4) is 0 Å². The van der Waals surface area contributed by atoms with Crippen molar-refractivity contribution in [2.24, 2.45) is 11.7 Å². The monoisotopic (exact) mass is 158 g/mol. The SMILES string of the molecule is CCCNC(=O)CC(C)CN. The first-order valence-electron chi connectivity index (χ1n) is 4.17. The van der Waals surface area contributed by atoms with Crippen LogP contribution in [0.15, 0.2) is 0 Å². The lowest BCUT2D eigenvalue weighted by Gasteiger charge is -2.07. The minimum absolute atomic E-state index is 0.116. The Morgan fingerprint density at radius 3 is 2.73 bits per heavy atom. The second-order valence-electron chi connectivity index (χ2n) is 2.89. The number of rotatable bonds is 5. The molecular formula is C8H18N2O. The Balaban J connectivity index is 3.36. The lowest BCUT2D eigenvalue weighted by Crippen LogP contribution is -2.27. The highest BCUT2D eigenvalue weighted by Gasteiger charge is 2.05. The van der Waals surface area contributed by atoms with E-state index in [1.54, 1.807) is 0 Å². The molecule has 3 heteroatoms. The van der Waals surface area contributed by atoms with Crippen LogP contribution in [0.2, 0.25) is 0 Å². The van der Waals surface area contributed by atoms with E-state index in [-0.39, 0.29) is 5.91 Å². The van der Waals surface area contributed by atoms with Gasteiger partial charge in [-0.3, -0.25) is 4.79 Å². The average molecular weight is 158 g/mol. The third kappa shape index (κ3) is 5.85. The number of nitrogens with one attached hydrogen (secondary N) is 1. The highest BCUT2D eigenvalue weighted by atomic mass is 16.1. The zero-order valence-corrected chi connectivity index (χ0v) is 7.39. The first-order valence-corrected chi connectivity index (χ1v) is 4.17. The summed E-state index contributed by atoms with van der Waals surface area (Å²) >= 11 is 0. The predicted molar refractivity (Wildman–Crippen MR) is 46.1 cm³/mol. The van der Waals surface area contributed by atoms with Gasteiger partial charge in [0.1, 0.15) is 0 Å². The van der Waals surface area contributed by atoms with Crippen LogP contribution in [0.25, 0.3) is 0 Å². The second-order valence-corrected chi connectivity index (χ2v) is 2.89. The summed E-state index contributed by atoms with van der Waals surface area (Å²) in [5.74, 6) is 0.414. The summed E-state index contributed by atoms with van der Waals surface area (Å²) in [4.78, 5) is 11.0. The highest BCUT2D eigenvalue weighted by molar-refractivity contribution is 5.76. The summed E-state index contributed by atoms with van der Waals surface area (Å²) < 4.78 is 0. The molecule has 3 N–H and O–H groups in total. The van der Waals surface area contributed by atoms with E-state index in [0.717, 1.165) is 13.0 Å². The van der Waals surface area contributed by atoms with Crippen LogP contribution >= 0.6 is 0 Å². The smallest absolute Gasteiger partial charge is 0.220 e. The second kappa shape index (κ2) is 6.16. The van der Waals surface area contributed by atoms with Crippen LogP contribution in [-0.4, -0.2) is 19.0 Å². The first-order chi connectivity index (χ1) is 5.20. The van der Waals surface area contributed by atoms with Gasteiger partial charge in [-0.15, -0.1) is 0 Å². The normalized spacial score (nSPS) is 12.6. The van der Waals surface area contributed by atoms with Gasteiger partial charge in [0.05, 0.1) is 0 Å². The van der Waals surface area contributed by atoms with Crippen LogP contribution in [0, 0.1) is 5.92 Å². The fourth-order valence-corrected chi connectivity index (χ4v) is 0.736. The zero-order valence-electron chi connectivity index (χ0n) is 7.39. The molecule has 0 aromatic heterocycles. The molecule has 0 fully saturated rings. The quantitative estimate of drug-likeness (QED) is 0.612. The van der Waals surface area contributed by atoms with Gasteiger partial charge in [-0.1, -0.05) is 13.8 Å². The lowest BCUT2D eigenvalue weighted by atomic mass is 10.1. The number of carbonyl (C=O) groups is 1.